The van der Waals surface area contributed by atoms with Crippen molar-refractivity contribution in [2.24, 2.45) is 0 Å². The molecular formula is C20H21N3O2. The van der Waals surface area contributed by atoms with Gasteiger partial charge in [-0.3, -0.25) is 10.1 Å². The molecule has 0 bridgehead atoms. The smallest absolute Gasteiger partial charge is 0.293 e. The molecule has 1 N–H and O–H groups in total. The zero-order valence-corrected chi connectivity index (χ0v) is 14.9. The van der Waals surface area contributed by atoms with Crippen molar-refractivity contribution in [1.82, 2.24) is 9.97 Å². The molecule has 3 rings (SSSR count). The average molecular weight is 335 g/mol. The highest BCUT2D eigenvalue weighted by molar-refractivity contribution is 6.01. The van der Waals surface area contributed by atoms with Gasteiger partial charge in [-0.1, -0.05) is 17.7 Å². The van der Waals surface area contributed by atoms with Crippen molar-refractivity contribution in [3.63, 3.8) is 0 Å². The molecule has 5 nitrogen and oxygen atoms in total. The first-order chi connectivity index (χ1) is 11.9. The van der Waals surface area contributed by atoms with Crippen LogP contribution in [0.1, 0.15) is 44.3 Å². The first kappa shape index (κ1) is 16.9. The van der Waals surface area contributed by atoms with Gasteiger partial charge in [0.25, 0.3) is 5.91 Å². The van der Waals surface area contributed by atoms with E-state index in [1.165, 1.54) is 22.3 Å². The van der Waals surface area contributed by atoms with E-state index < -0.39 is 0 Å². The van der Waals surface area contributed by atoms with Gasteiger partial charge in [-0.2, -0.15) is 0 Å². The number of nitrogens with one attached hydrogen (secondary N) is 1. The molecule has 0 atom stereocenters. The van der Waals surface area contributed by atoms with E-state index in [1.54, 1.807) is 18.3 Å². The summed E-state index contributed by atoms with van der Waals surface area (Å²) in [6, 6.07) is 9.61. The van der Waals surface area contributed by atoms with Crippen molar-refractivity contribution in [3.8, 4) is 0 Å². The Hall–Kier alpha value is -2.95. The number of anilines is 1. The lowest BCUT2D eigenvalue weighted by molar-refractivity contribution is 0.0994. The first-order valence-electron chi connectivity index (χ1n) is 8.19. The van der Waals surface area contributed by atoms with E-state index in [-0.39, 0.29) is 17.6 Å². The molecule has 1 aromatic carbocycles. The van der Waals surface area contributed by atoms with E-state index >= 15 is 0 Å². The number of benzene rings is 1. The van der Waals surface area contributed by atoms with Crippen LogP contribution in [0.5, 0.6) is 0 Å². The van der Waals surface area contributed by atoms with Crippen molar-refractivity contribution in [2.45, 2.75) is 34.1 Å². The quantitative estimate of drug-likeness (QED) is 0.778. The number of aryl methyl sites for hydroxylation is 4. The summed E-state index contributed by atoms with van der Waals surface area (Å²) in [6.45, 7) is 8.13. The molecule has 5 heteroatoms. The highest BCUT2D eigenvalue weighted by Crippen LogP contribution is 2.21. The number of carbonyl (C=O) groups is 1. The van der Waals surface area contributed by atoms with Crippen molar-refractivity contribution in [1.29, 1.82) is 0 Å². The van der Waals surface area contributed by atoms with Crippen LogP contribution >= 0.6 is 0 Å². The van der Waals surface area contributed by atoms with Crippen LogP contribution in [0, 0.1) is 27.7 Å². The minimum absolute atomic E-state index is 0.252. The molecule has 0 saturated carbocycles. The molecule has 0 aliphatic rings. The topological polar surface area (TPSA) is 68.0 Å². The van der Waals surface area contributed by atoms with E-state index in [1.807, 2.05) is 13.0 Å². The third-order valence-corrected chi connectivity index (χ3v) is 4.10. The molecule has 3 aromatic rings. The van der Waals surface area contributed by atoms with Crippen LogP contribution in [0.3, 0.4) is 0 Å². The summed E-state index contributed by atoms with van der Waals surface area (Å²) in [5, 5.41) is 2.65. The zero-order chi connectivity index (χ0) is 18.0. The van der Waals surface area contributed by atoms with Gasteiger partial charge in [0, 0.05) is 18.3 Å². The Kier molecular flexibility index (Phi) is 4.65. The molecule has 0 radical (unpaired) electrons. The fraction of sp³-hybridized carbons (Fsp3) is 0.250. The summed E-state index contributed by atoms with van der Waals surface area (Å²) in [7, 11) is 0. The standard InChI is InChI=1S/C20H21N3O2/c1-12-9-13(2)17(14(3)10-12)11-16-5-6-18(25-16)19(24)23-20-21-8-7-15(4)22-20/h5-10H,11H2,1-4H3,(H,21,22,23,24). The van der Waals surface area contributed by atoms with E-state index in [0.29, 0.717) is 6.42 Å². The molecule has 0 fully saturated rings. The molecule has 128 valence electrons. The lowest BCUT2D eigenvalue weighted by atomic mass is 9.97. The fourth-order valence-electron chi connectivity index (χ4n) is 2.93. The second-order valence-electron chi connectivity index (χ2n) is 6.30. The van der Waals surface area contributed by atoms with Crippen LogP contribution < -0.4 is 5.32 Å². The minimum Gasteiger partial charge on any atom is -0.456 e. The van der Waals surface area contributed by atoms with Crippen LogP contribution in [0.25, 0.3) is 0 Å². The Morgan fingerprint density at radius 1 is 1.08 bits per heavy atom. The number of furan rings is 1. The summed E-state index contributed by atoms with van der Waals surface area (Å²) in [6.07, 6.45) is 2.26. The third-order valence-electron chi connectivity index (χ3n) is 4.10. The Bertz CT molecular complexity index is 905. The number of amides is 1. The number of carbonyl (C=O) groups excluding carboxylic acids is 1. The average Bonchev–Trinajstić information content (AvgIpc) is 2.99. The maximum atomic E-state index is 12.3. The molecule has 0 aliphatic carbocycles. The second-order valence-corrected chi connectivity index (χ2v) is 6.30. The van der Waals surface area contributed by atoms with Gasteiger partial charge in [-0.25, -0.2) is 9.97 Å². The van der Waals surface area contributed by atoms with Gasteiger partial charge < -0.3 is 4.42 Å². The van der Waals surface area contributed by atoms with E-state index in [4.69, 9.17) is 4.42 Å². The van der Waals surface area contributed by atoms with Crippen molar-refractivity contribution in [2.75, 3.05) is 5.32 Å². The predicted octanol–water partition coefficient (Wildman–Crippen LogP) is 4.15. The predicted molar refractivity (Wildman–Crippen MR) is 96.9 cm³/mol. The van der Waals surface area contributed by atoms with E-state index in [0.717, 1.165) is 11.5 Å². The Morgan fingerprint density at radius 2 is 1.80 bits per heavy atom. The largest absolute Gasteiger partial charge is 0.456 e. The van der Waals surface area contributed by atoms with Crippen molar-refractivity contribution in [3.05, 3.63) is 76.0 Å². The lowest BCUT2D eigenvalue weighted by Crippen LogP contribution is -2.13. The van der Waals surface area contributed by atoms with Crippen LogP contribution in [-0.4, -0.2) is 15.9 Å². The molecule has 0 unspecified atom stereocenters. The van der Waals surface area contributed by atoms with Gasteiger partial charge in [0.05, 0.1) is 0 Å². The Labute approximate surface area is 147 Å². The molecule has 25 heavy (non-hydrogen) atoms. The third kappa shape index (κ3) is 3.94. The first-order valence-corrected chi connectivity index (χ1v) is 8.19. The molecule has 0 spiro atoms. The number of rotatable bonds is 4. The molecule has 2 aromatic heterocycles. The summed E-state index contributed by atoms with van der Waals surface area (Å²) < 4.78 is 5.72. The van der Waals surface area contributed by atoms with E-state index in [9.17, 15) is 4.79 Å². The van der Waals surface area contributed by atoms with Crippen molar-refractivity contribution < 1.29 is 9.21 Å². The SMILES string of the molecule is Cc1cc(C)c(Cc2ccc(C(=O)Nc3nccc(C)n3)o2)c(C)c1. The number of nitrogens with zero attached hydrogens (tertiary/aromatic N) is 2. The maximum absolute atomic E-state index is 12.3. The van der Waals surface area contributed by atoms with Gasteiger partial charge in [0.15, 0.2) is 5.76 Å². The zero-order valence-electron chi connectivity index (χ0n) is 14.9. The normalized spacial score (nSPS) is 10.7. The summed E-state index contributed by atoms with van der Waals surface area (Å²) in [5.74, 6) is 0.926. The Balaban J connectivity index is 1.75. The van der Waals surface area contributed by atoms with Crippen LogP contribution in [0.4, 0.5) is 5.95 Å². The maximum Gasteiger partial charge on any atom is 0.293 e. The molecule has 2 heterocycles. The summed E-state index contributed by atoms with van der Waals surface area (Å²) >= 11 is 0. The number of hydrogen-bond donors (Lipinski definition) is 1. The second kappa shape index (κ2) is 6.89. The summed E-state index contributed by atoms with van der Waals surface area (Å²) in [5.41, 5.74) is 5.72. The Morgan fingerprint density at radius 3 is 2.48 bits per heavy atom. The van der Waals surface area contributed by atoms with E-state index in [2.05, 4.69) is 48.2 Å². The van der Waals surface area contributed by atoms with Crippen LogP contribution in [0.2, 0.25) is 0 Å². The van der Waals surface area contributed by atoms with Gasteiger partial charge in [0.2, 0.25) is 5.95 Å². The minimum atomic E-state index is -0.353. The monoisotopic (exact) mass is 335 g/mol. The lowest BCUT2D eigenvalue weighted by Gasteiger charge is -2.10. The van der Waals surface area contributed by atoms with Gasteiger partial charge in [-0.05, 0) is 62.6 Å². The molecule has 0 saturated heterocycles. The van der Waals surface area contributed by atoms with Crippen LogP contribution in [-0.2, 0) is 6.42 Å². The summed E-state index contributed by atoms with van der Waals surface area (Å²) in [4.78, 5) is 20.5. The number of hydrogen-bond acceptors (Lipinski definition) is 4. The van der Waals surface area contributed by atoms with Gasteiger partial charge in [-0.15, -0.1) is 0 Å². The number of aromatic nitrogens is 2. The highest BCUT2D eigenvalue weighted by atomic mass is 16.3. The van der Waals surface area contributed by atoms with Crippen LogP contribution in [0.15, 0.2) is 40.9 Å². The van der Waals surface area contributed by atoms with Gasteiger partial charge >= 0.3 is 0 Å². The molecule has 1 amide bonds. The molecule has 0 aliphatic heterocycles. The van der Waals surface area contributed by atoms with Crippen molar-refractivity contribution >= 4 is 11.9 Å². The fourth-order valence-corrected chi connectivity index (χ4v) is 2.93. The van der Waals surface area contributed by atoms with Gasteiger partial charge in [0.1, 0.15) is 5.76 Å². The molecular weight excluding hydrogens is 314 g/mol. The highest BCUT2D eigenvalue weighted by Gasteiger charge is 2.14.